The predicted molar refractivity (Wildman–Crippen MR) is 73.4 cm³/mol. The van der Waals surface area contributed by atoms with Crippen LogP contribution in [0.15, 0.2) is 0 Å². The van der Waals surface area contributed by atoms with Crippen LogP contribution in [0.25, 0.3) is 0 Å². The molecule has 0 spiro atoms. The highest BCUT2D eigenvalue weighted by Gasteiger charge is 2.20. The van der Waals surface area contributed by atoms with Gasteiger partial charge in [-0.25, -0.2) is 13.1 Å². The van der Waals surface area contributed by atoms with Gasteiger partial charge in [-0.2, -0.15) is 0 Å². The highest BCUT2D eigenvalue weighted by Crippen LogP contribution is 2.20. The summed E-state index contributed by atoms with van der Waals surface area (Å²) >= 11 is 3.38. The predicted octanol–water partition coefficient (Wildman–Crippen LogP) is 2.76. The minimum atomic E-state index is -3.09. The standard InChI is InChI=1S/C11H24BrNO2S/c1-10(2)5-8-16(14,15)13-9-11(3,4)6-7-12/h10,13H,5-9H2,1-4H3. The van der Waals surface area contributed by atoms with E-state index in [1.807, 2.05) is 13.8 Å². The monoisotopic (exact) mass is 313 g/mol. The van der Waals surface area contributed by atoms with Crippen molar-refractivity contribution in [3.8, 4) is 0 Å². The molecule has 0 fully saturated rings. The van der Waals surface area contributed by atoms with Crippen molar-refractivity contribution in [2.45, 2.75) is 40.5 Å². The van der Waals surface area contributed by atoms with Gasteiger partial charge >= 0.3 is 0 Å². The Hall–Kier alpha value is 0.390. The maximum Gasteiger partial charge on any atom is 0.211 e. The summed E-state index contributed by atoms with van der Waals surface area (Å²) in [6.07, 6.45) is 1.67. The zero-order valence-electron chi connectivity index (χ0n) is 10.7. The third-order valence-corrected chi connectivity index (χ3v) is 4.26. The van der Waals surface area contributed by atoms with Gasteiger partial charge in [-0.3, -0.25) is 0 Å². The third-order valence-electron chi connectivity index (χ3n) is 2.51. The van der Waals surface area contributed by atoms with Crippen molar-refractivity contribution in [1.82, 2.24) is 4.72 Å². The molecule has 0 aliphatic rings. The minimum Gasteiger partial charge on any atom is -0.215 e. The average Bonchev–Trinajstić information content (AvgIpc) is 2.13. The summed E-state index contributed by atoms with van der Waals surface area (Å²) in [4.78, 5) is 0. The van der Waals surface area contributed by atoms with Gasteiger partial charge in [0.15, 0.2) is 0 Å². The van der Waals surface area contributed by atoms with E-state index in [1.54, 1.807) is 0 Å². The molecule has 0 aromatic heterocycles. The summed E-state index contributed by atoms with van der Waals surface area (Å²) in [7, 11) is -3.09. The zero-order chi connectivity index (χ0) is 12.8. The SMILES string of the molecule is CC(C)CCS(=O)(=O)NCC(C)(C)CCBr. The van der Waals surface area contributed by atoms with Gasteiger partial charge in [0.05, 0.1) is 5.75 Å². The van der Waals surface area contributed by atoms with E-state index >= 15 is 0 Å². The lowest BCUT2D eigenvalue weighted by molar-refractivity contribution is 0.354. The van der Waals surface area contributed by atoms with Gasteiger partial charge in [0.25, 0.3) is 0 Å². The molecule has 5 heteroatoms. The number of nitrogens with one attached hydrogen (secondary N) is 1. The molecule has 0 radical (unpaired) electrons. The van der Waals surface area contributed by atoms with E-state index in [-0.39, 0.29) is 11.2 Å². The molecule has 16 heavy (non-hydrogen) atoms. The van der Waals surface area contributed by atoms with Gasteiger partial charge in [0.1, 0.15) is 0 Å². The highest BCUT2D eigenvalue weighted by atomic mass is 79.9. The van der Waals surface area contributed by atoms with Crippen molar-refractivity contribution in [1.29, 1.82) is 0 Å². The normalized spacial score (nSPS) is 13.4. The van der Waals surface area contributed by atoms with Crippen LogP contribution in [0.5, 0.6) is 0 Å². The number of hydrogen-bond donors (Lipinski definition) is 1. The Morgan fingerprint density at radius 3 is 2.31 bits per heavy atom. The summed E-state index contributed by atoms with van der Waals surface area (Å²) in [5.41, 5.74) is 0.00833. The molecule has 0 atom stereocenters. The maximum absolute atomic E-state index is 11.7. The fraction of sp³-hybridized carbons (Fsp3) is 1.00. The average molecular weight is 314 g/mol. The maximum atomic E-state index is 11.7. The molecule has 0 bridgehead atoms. The number of rotatable bonds is 8. The first-order chi connectivity index (χ1) is 7.18. The molecule has 0 amide bonds. The molecular weight excluding hydrogens is 290 g/mol. The molecule has 1 N–H and O–H groups in total. The Balaban J connectivity index is 4.08. The van der Waals surface area contributed by atoms with Gasteiger partial charge in [0, 0.05) is 11.9 Å². The first-order valence-electron chi connectivity index (χ1n) is 5.72. The van der Waals surface area contributed by atoms with Crippen molar-refractivity contribution in [3.05, 3.63) is 0 Å². The fourth-order valence-electron chi connectivity index (χ4n) is 1.11. The molecule has 0 saturated carbocycles. The molecule has 0 rings (SSSR count). The van der Waals surface area contributed by atoms with Gasteiger partial charge in [-0.1, -0.05) is 43.6 Å². The summed E-state index contributed by atoms with van der Waals surface area (Å²) in [6.45, 7) is 8.71. The van der Waals surface area contributed by atoms with Crippen molar-refractivity contribution >= 4 is 26.0 Å². The Morgan fingerprint density at radius 1 is 1.31 bits per heavy atom. The van der Waals surface area contributed by atoms with Gasteiger partial charge < -0.3 is 0 Å². The van der Waals surface area contributed by atoms with Gasteiger partial charge in [0.2, 0.25) is 10.0 Å². The quantitative estimate of drug-likeness (QED) is 0.700. The molecule has 0 aliphatic carbocycles. The largest absolute Gasteiger partial charge is 0.215 e. The Labute approximate surface area is 109 Å². The number of alkyl halides is 1. The van der Waals surface area contributed by atoms with Crippen molar-refractivity contribution < 1.29 is 8.42 Å². The summed E-state index contributed by atoms with van der Waals surface area (Å²) in [5, 5.41) is 0.897. The molecule has 0 aliphatic heterocycles. The lowest BCUT2D eigenvalue weighted by Crippen LogP contribution is -2.35. The van der Waals surface area contributed by atoms with Crippen molar-refractivity contribution in [2.75, 3.05) is 17.6 Å². The molecule has 0 unspecified atom stereocenters. The lowest BCUT2D eigenvalue weighted by atomic mass is 9.91. The van der Waals surface area contributed by atoms with Crippen LogP contribution in [-0.2, 0) is 10.0 Å². The molecule has 0 heterocycles. The van der Waals surface area contributed by atoms with Crippen molar-refractivity contribution in [2.24, 2.45) is 11.3 Å². The number of hydrogen-bond acceptors (Lipinski definition) is 2. The molecular formula is C11H24BrNO2S. The van der Waals surface area contributed by atoms with E-state index in [9.17, 15) is 8.42 Å². The van der Waals surface area contributed by atoms with E-state index in [0.717, 1.165) is 11.8 Å². The van der Waals surface area contributed by atoms with E-state index in [4.69, 9.17) is 0 Å². The molecule has 0 saturated heterocycles. The Morgan fingerprint density at radius 2 is 1.88 bits per heavy atom. The van der Waals surface area contributed by atoms with Crippen molar-refractivity contribution in [3.63, 3.8) is 0 Å². The van der Waals surface area contributed by atoms with Crippen LogP contribution in [0.3, 0.4) is 0 Å². The van der Waals surface area contributed by atoms with Crippen LogP contribution in [0.4, 0.5) is 0 Å². The highest BCUT2D eigenvalue weighted by molar-refractivity contribution is 9.09. The van der Waals surface area contributed by atoms with Crippen LogP contribution >= 0.6 is 15.9 Å². The van der Waals surface area contributed by atoms with Crippen LogP contribution in [0.1, 0.15) is 40.5 Å². The lowest BCUT2D eigenvalue weighted by Gasteiger charge is -2.23. The molecule has 0 aromatic carbocycles. The van der Waals surface area contributed by atoms with Crippen LogP contribution in [0.2, 0.25) is 0 Å². The molecule has 3 nitrogen and oxygen atoms in total. The minimum absolute atomic E-state index is 0.00833. The van der Waals surface area contributed by atoms with E-state index in [0.29, 0.717) is 18.9 Å². The number of sulfonamides is 1. The second kappa shape index (κ2) is 6.97. The second-order valence-corrected chi connectivity index (χ2v) is 8.15. The van der Waals surface area contributed by atoms with Crippen LogP contribution in [-0.4, -0.2) is 26.0 Å². The third kappa shape index (κ3) is 8.53. The summed E-state index contributed by atoms with van der Waals surface area (Å²) < 4.78 is 26.0. The van der Waals surface area contributed by atoms with Crippen LogP contribution < -0.4 is 4.72 Å². The molecule has 0 aromatic rings. The topological polar surface area (TPSA) is 46.2 Å². The summed E-state index contributed by atoms with van der Waals surface area (Å²) in [6, 6.07) is 0. The smallest absolute Gasteiger partial charge is 0.211 e. The van der Waals surface area contributed by atoms with Crippen LogP contribution in [0, 0.1) is 11.3 Å². The second-order valence-electron chi connectivity index (χ2n) is 5.43. The fourth-order valence-corrected chi connectivity index (χ4v) is 3.72. The van der Waals surface area contributed by atoms with E-state index < -0.39 is 10.0 Å². The summed E-state index contributed by atoms with van der Waals surface area (Å²) in [5.74, 6) is 0.654. The van der Waals surface area contributed by atoms with E-state index in [2.05, 4.69) is 34.5 Å². The van der Waals surface area contributed by atoms with E-state index in [1.165, 1.54) is 0 Å². The number of halogens is 1. The van der Waals surface area contributed by atoms with Gasteiger partial charge in [-0.15, -0.1) is 0 Å². The Kier molecular flexibility index (Phi) is 7.14. The Bertz CT molecular complexity index is 286. The van der Waals surface area contributed by atoms with Gasteiger partial charge in [-0.05, 0) is 24.2 Å². The first kappa shape index (κ1) is 16.4. The zero-order valence-corrected chi connectivity index (χ0v) is 13.1. The molecule has 98 valence electrons. The first-order valence-corrected chi connectivity index (χ1v) is 8.49.